The Morgan fingerprint density at radius 1 is 1.21 bits per heavy atom. The monoisotopic (exact) mass is 331 g/mol. The fraction of sp³-hybridized carbons (Fsp3) is 0.647. The smallest absolute Gasteiger partial charge is 0.243 e. The molecule has 1 aromatic rings. The van der Waals surface area contributed by atoms with Crippen molar-refractivity contribution in [1.82, 2.24) is 15.8 Å². The van der Waals surface area contributed by atoms with Gasteiger partial charge in [-0.15, -0.1) is 0 Å². The Bertz CT molecular complexity index is 573. The van der Waals surface area contributed by atoms with Crippen LogP contribution in [0.1, 0.15) is 25.7 Å². The van der Waals surface area contributed by atoms with E-state index >= 15 is 0 Å². The number of carbonyl (C=O) groups excluding carboxylic acids is 1. The van der Waals surface area contributed by atoms with E-state index in [-0.39, 0.29) is 11.9 Å². The van der Waals surface area contributed by atoms with Crippen molar-refractivity contribution in [3.63, 3.8) is 0 Å². The van der Waals surface area contributed by atoms with Gasteiger partial charge in [0.05, 0.1) is 25.1 Å². The molecule has 1 saturated carbocycles. The fourth-order valence-electron chi connectivity index (χ4n) is 3.96. The number of aromatic nitrogens is 1. The third-order valence-electron chi connectivity index (χ3n) is 5.30. The molecule has 130 valence electrons. The molecule has 7 heteroatoms. The first kappa shape index (κ1) is 15.8. The Kier molecular flexibility index (Phi) is 4.64. The molecule has 0 radical (unpaired) electrons. The molecule has 7 nitrogen and oxygen atoms in total. The minimum Gasteiger partial charge on any atom is -0.378 e. The van der Waals surface area contributed by atoms with Crippen LogP contribution in [0, 0.1) is 5.92 Å². The van der Waals surface area contributed by atoms with E-state index < -0.39 is 0 Å². The van der Waals surface area contributed by atoms with E-state index in [0.29, 0.717) is 12.0 Å². The molecule has 3 N–H and O–H groups in total. The largest absolute Gasteiger partial charge is 0.378 e. The van der Waals surface area contributed by atoms with E-state index in [1.54, 1.807) is 6.20 Å². The molecule has 3 fully saturated rings. The molecule has 1 aliphatic carbocycles. The number of anilines is 2. The van der Waals surface area contributed by atoms with Gasteiger partial charge in [0.15, 0.2) is 0 Å². The van der Waals surface area contributed by atoms with Crippen LogP contribution >= 0.6 is 0 Å². The lowest BCUT2D eigenvalue weighted by Gasteiger charge is -2.28. The summed E-state index contributed by atoms with van der Waals surface area (Å²) in [5.74, 6) is 1.35. The van der Waals surface area contributed by atoms with Crippen LogP contribution in [0.15, 0.2) is 18.3 Å². The van der Waals surface area contributed by atoms with Gasteiger partial charge in [0.25, 0.3) is 0 Å². The molecule has 4 rings (SSSR count). The quantitative estimate of drug-likeness (QED) is 0.764. The number of nitrogens with zero attached hydrogens (tertiary/aromatic N) is 2. The Morgan fingerprint density at radius 3 is 2.83 bits per heavy atom. The van der Waals surface area contributed by atoms with Crippen molar-refractivity contribution in [3.05, 3.63) is 18.3 Å². The Balaban J connectivity index is 1.37. The molecule has 1 amide bonds. The predicted molar refractivity (Wildman–Crippen MR) is 91.7 cm³/mol. The van der Waals surface area contributed by atoms with Crippen molar-refractivity contribution in [2.45, 2.75) is 37.8 Å². The molecule has 2 saturated heterocycles. The van der Waals surface area contributed by atoms with Crippen LogP contribution in [-0.4, -0.2) is 49.3 Å². The number of hydrogen-bond donors (Lipinski definition) is 3. The first-order chi connectivity index (χ1) is 11.8. The SMILES string of the molecule is O=C(Nc1ccc(N2CCOCC2)nc1)C1NNC2CCCCC21. The number of pyridine rings is 1. The maximum absolute atomic E-state index is 12.6. The van der Waals surface area contributed by atoms with Crippen LogP contribution in [0.3, 0.4) is 0 Å². The number of nitrogens with one attached hydrogen (secondary N) is 3. The number of amides is 1. The molecule has 1 aromatic heterocycles. The third kappa shape index (κ3) is 3.24. The van der Waals surface area contributed by atoms with Gasteiger partial charge < -0.3 is 15.0 Å². The lowest BCUT2D eigenvalue weighted by molar-refractivity contribution is -0.118. The summed E-state index contributed by atoms with van der Waals surface area (Å²) in [6.07, 6.45) is 6.46. The minimum atomic E-state index is -0.158. The summed E-state index contributed by atoms with van der Waals surface area (Å²) in [5, 5.41) is 3.00. The van der Waals surface area contributed by atoms with E-state index in [2.05, 4.69) is 26.1 Å². The summed E-state index contributed by atoms with van der Waals surface area (Å²) in [4.78, 5) is 19.3. The third-order valence-corrected chi connectivity index (χ3v) is 5.30. The zero-order valence-corrected chi connectivity index (χ0v) is 13.8. The van der Waals surface area contributed by atoms with Crippen LogP contribution in [0.25, 0.3) is 0 Å². The van der Waals surface area contributed by atoms with Crippen molar-refractivity contribution < 1.29 is 9.53 Å². The van der Waals surface area contributed by atoms with E-state index in [9.17, 15) is 4.79 Å². The van der Waals surface area contributed by atoms with E-state index in [1.165, 1.54) is 12.8 Å². The molecular weight excluding hydrogens is 306 g/mol. The lowest BCUT2D eigenvalue weighted by Crippen LogP contribution is -2.42. The number of ether oxygens (including phenoxy) is 1. The number of hydrogen-bond acceptors (Lipinski definition) is 6. The first-order valence-corrected chi connectivity index (χ1v) is 8.92. The Morgan fingerprint density at radius 2 is 2.04 bits per heavy atom. The second-order valence-electron chi connectivity index (χ2n) is 6.81. The van der Waals surface area contributed by atoms with Crippen LogP contribution in [-0.2, 0) is 9.53 Å². The van der Waals surface area contributed by atoms with Gasteiger partial charge in [-0.05, 0) is 25.0 Å². The van der Waals surface area contributed by atoms with Crippen LogP contribution in [0.5, 0.6) is 0 Å². The summed E-state index contributed by atoms with van der Waals surface area (Å²) >= 11 is 0. The zero-order valence-electron chi connectivity index (χ0n) is 13.8. The number of rotatable bonds is 3. The predicted octanol–water partition coefficient (Wildman–Crippen LogP) is 0.892. The molecule has 0 spiro atoms. The summed E-state index contributed by atoms with van der Waals surface area (Å²) in [5.41, 5.74) is 7.21. The van der Waals surface area contributed by atoms with Gasteiger partial charge in [0.2, 0.25) is 5.91 Å². The molecule has 2 aliphatic heterocycles. The van der Waals surface area contributed by atoms with Crippen molar-refractivity contribution in [2.24, 2.45) is 5.92 Å². The summed E-state index contributed by atoms with van der Waals surface area (Å²) in [6.45, 7) is 3.20. The number of fused-ring (bicyclic) bond motifs is 1. The average molecular weight is 331 g/mol. The van der Waals surface area contributed by atoms with Crippen molar-refractivity contribution in [1.29, 1.82) is 0 Å². The number of morpholine rings is 1. The summed E-state index contributed by atoms with van der Waals surface area (Å²) < 4.78 is 5.36. The van der Waals surface area contributed by atoms with Crippen molar-refractivity contribution >= 4 is 17.4 Å². The first-order valence-electron chi connectivity index (χ1n) is 8.92. The highest BCUT2D eigenvalue weighted by Gasteiger charge is 2.40. The van der Waals surface area contributed by atoms with Gasteiger partial charge in [-0.3, -0.25) is 10.2 Å². The van der Waals surface area contributed by atoms with Gasteiger partial charge >= 0.3 is 0 Å². The van der Waals surface area contributed by atoms with E-state index in [1.807, 2.05) is 12.1 Å². The van der Waals surface area contributed by atoms with E-state index in [0.717, 1.165) is 50.7 Å². The van der Waals surface area contributed by atoms with Crippen LogP contribution < -0.4 is 21.1 Å². The second kappa shape index (κ2) is 7.04. The van der Waals surface area contributed by atoms with Gasteiger partial charge in [-0.25, -0.2) is 10.4 Å². The molecule has 3 aliphatic rings. The molecule has 3 atom stereocenters. The van der Waals surface area contributed by atoms with Crippen molar-refractivity contribution in [2.75, 3.05) is 36.5 Å². The highest BCUT2D eigenvalue weighted by atomic mass is 16.5. The minimum absolute atomic E-state index is 0.0258. The standard InChI is InChI=1S/C17H25N5O2/c23-17(16-13-3-1-2-4-14(13)20-21-16)19-12-5-6-15(18-11-12)22-7-9-24-10-8-22/h5-6,11,13-14,16,20-21H,1-4,7-10H2,(H,19,23). The maximum Gasteiger partial charge on any atom is 0.243 e. The molecule has 0 bridgehead atoms. The van der Waals surface area contributed by atoms with E-state index in [4.69, 9.17) is 4.74 Å². The lowest BCUT2D eigenvalue weighted by atomic mass is 9.81. The highest BCUT2D eigenvalue weighted by molar-refractivity contribution is 5.95. The molecule has 3 unspecified atom stereocenters. The zero-order chi connectivity index (χ0) is 16.4. The van der Waals surface area contributed by atoms with Gasteiger partial charge in [0, 0.05) is 25.0 Å². The maximum atomic E-state index is 12.6. The highest BCUT2D eigenvalue weighted by Crippen LogP contribution is 2.30. The molecule has 3 heterocycles. The Hall–Kier alpha value is -1.70. The molecule has 0 aromatic carbocycles. The van der Waals surface area contributed by atoms with Gasteiger partial charge in [-0.1, -0.05) is 12.8 Å². The topological polar surface area (TPSA) is 78.5 Å². The average Bonchev–Trinajstić information content (AvgIpc) is 3.07. The van der Waals surface area contributed by atoms with Crippen LogP contribution in [0.4, 0.5) is 11.5 Å². The van der Waals surface area contributed by atoms with Gasteiger partial charge in [0.1, 0.15) is 11.9 Å². The fourth-order valence-corrected chi connectivity index (χ4v) is 3.96. The number of carbonyl (C=O) groups is 1. The van der Waals surface area contributed by atoms with Gasteiger partial charge in [-0.2, -0.15) is 0 Å². The summed E-state index contributed by atoms with van der Waals surface area (Å²) in [6, 6.07) is 4.16. The molecular formula is C17H25N5O2. The normalized spacial score (nSPS) is 30.0. The van der Waals surface area contributed by atoms with Crippen LogP contribution in [0.2, 0.25) is 0 Å². The molecule has 24 heavy (non-hydrogen) atoms. The second-order valence-corrected chi connectivity index (χ2v) is 6.81. The summed E-state index contributed by atoms with van der Waals surface area (Å²) in [7, 11) is 0. The number of hydrazine groups is 1. The van der Waals surface area contributed by atoms with Crippen molar-refractivity contribution in [3.8, 4) is 0 Å². The Labute approximate surface area is 142 Å².